The second-order valence-electron chi connectivity index (χ2n) is 4.79. The molecule has 1 saturated carbocycles. The van der Waals surface area contributed by atoms with Gasteiger partial charge in [0.05, 0.1) is 0 Å². The second-order valence-corrected chi connectivity index (χ2v) is 4.79. The Balaban J connectivity index is 1.93. The van der Waals surface area contributed by atoms with Crippen molar-refractivity contribution in [2.45, 2.75) is 51.4 Å². The minimum Gasteiger partial charge on any atom is -0.0876 e. The minimum atomic E-state index is 0.854. The zero-order chi connectivity index (χ0) is 9.64. The molecule has 1 fully saturated rings. The average molecular weight is 190 g/mol. The summed E-state index contributed by atoms with van der Waals surface area (Å²) in [5.74, 6) is 1.84. The van der Waals surface area contributed by atoms with Crippen molar-refractivity contribution in [2.75, 3.05) is 0 Å². The van der Waals surface area contributed by atoms with E-state index in [1.807, 2.05) is 0 Å². The predicted octanol–water partition coefficient (Wildman–Crippen LogP) is 4.48. The van der Waals surface area contributed by atoms with Crippen molar-refractivity contribution in [1.82, 2.24) is 0 Å². The maximum atomic E-state index is 2.48. The van der Waals surface area contributed by atoms with Gasteiger partial charge < -0.3 is 0 Å². The Bertz CT molecular complexity index is 204. The van der Waals surface area contributed by atoms with E-state index >= 15 is 0 Å². The summed E-state index contributed by atoms with van der Waals surface area (Å²) >= 11 is 0. The van der Waals surface area contributed by atoms with E-state index in [1.54, 1.807) is 0 Å². The molecule has 0 heteroatoms. The van der Waals surface area contributed by atoms with Crippen LogP contribution < -0.4 is 0 Å². The highest BCUT2D eigenvalue weighted by atomic mass is 14.2. The van der Waals surface area contributed by atoms with E-state index in [-0.39, 0.29) is 0 Å². The Kier molecular flexibility index (Phi) is 3.85. The van der Waals surface area contributed by atoms with Crippen LogP contribution in [0.3, 0.4) is 0 Å². The molecule has 0 saturated heterocycles. The molecule has 1 unspecified atom stereocenters. The van der Waals surface area contributed by atoms with Crippen LogP contribution in [0.5, 0.6) is 0 Å². The third-order valence-electron chi connectivity index (χ3n) is 3.74. The topological polar surface area (TPSA) is 0 Å². The van der Waals surface area contributed by atoms with Gasteiger partial charge in [0.25, 0.3) is 0 Å². The molecule has 0 aromatic heterocycles. The van der Waals surface area contributed by atoms with Crippen LogP contribution in [-0.2, 0) is 0 Å². The van der Waals surface area contributed by atoms with Crippen molar-refractivity contribution in [3.8, 4) is 0 Å². The van der Waals surface area contributed by atoms with E-state index in [2.05, 4.69) is 24.3 Å². The van der Waals surface area contributed by atoms with Gasteiger partial charge in [-0.2, -0.15) is 0 Å². The largest absolute Gasteiger partial charge is 0.0876 e. The molecular formula is C14H22. The summed E-state index contributed by atoms with van der Waals surface area (Å²) in [5.41, 5.74) is 0. The monoisotopic (exact) mass is 190 g/mol. The second kappa shape index (κ2) is 5.38. The van der Waals surface area contributed by atoms with Crippen molar-refractivity contribution in [2.24, 2.45) is 11.8 Å². The zero-order valence-electron chi connectivity index (χ0n) is 9.12. The van der Waals surface area contributed by atoms with E-state index in [1.165, 1.54) is 44.9 Å². The molecule has 0 nitrogen and oxygen atoms in total. The summed E-state index contributed by atoms with van der Waals surface area (Å²) in [6, 6.07) is 0. The number of hydrogen-bond acceptors (Lipinski definition) is 0. The Morgan fingerprint density at radius 3 is 2.36 bits per heavy atom. The first-order valence-electron chi connectivity index (χ1n) is 6.28. The molecule has 0 aliphatic heterocycles. The number of hydrogen-bond donors (Lipinski definition) is 0. The van der Waals surface area contributed by atoms with Crippen molar-refractivity contribution < 1.29 is 0 Å². The van der Waals surface area contributed by atoms with Crippen LogP contribution in [0.4, 0.5) is 0 Å². The average Bonchev–Trinajstić information content (AvgIpc) is 2.62. The van der Waals surface area contributed by atoms with E-state index in [9.17, 15) is 0 Å². The van der Waals surface area contributed by atoms with E-state index in [0.717, 1.165) is 18.3 Å². The Morgan fingerprint density at radius 1 is 0.786 bits per heavy atom. The fourth-order valence-electron chi connectivity index (χ4n) is 2.85. The van der Waals surface area contributed by atoms with Gasteiger partial charge in [0.15, 0.2) is 0 Å². The maximum absolute atomic E-state index is 2.48. The van der Waals surface area contributed by atoms with Crippen LogP contribution in [0.2, 0.25) is 0 Å². The fourth-order valence-corrected chi connectivity index (χ4v) is 2.85. The molecule has 0 aromatic carbocycles. The lowest BCUT2D eigenvalue weighted by atomic mass is 9.84. The summed E-state index contributed by atoms with van der Waals surface area (Å²) in [6.45, 7) is 0. The summed E-state index contributed by atoms with van der Waals surface area (Å²) < 4.78 is 0. The lowest BCUT2D eigenvalue weighted by Gasteiger charge is -2.21. The highest BCUT2D eigenvalue weighted by molar-refractivity contribution is 5.04. The van der Waals surface area contributed by atoms with Crippen molar-refractivity contribution in [3.05, 3.63) is 24.3 Å². The van der Waals surface area contributed by atoms with Gasteiger partial charge in [-0.05, 0) is 37.5 Å². The molecule has 0 aromatic rings. The van der Waals surface area contributed by atoms with Crippen molar-refractivity contribution in [1.29, 1.82) is 0 Å². The SMILES string of the molecule is C1=CCC(C2CCCCCC2)C=CC1. The minimum absolute atomic E-state index is 0.854. The first-order chi connectivity index (χ1) is 6.97. The Morgan fingerprint density at radius 2 is 1.57 bits per heavy atom. The van der Waals surface area contributed by atoms with Gasteiger partial charge in [-0.25, -0.2) is 0 Å². The number of allylic oxidation sites excluding steroid dienone is 4. The fraction of sp³-hybridized carbons (Fsp3) is 0.714. The van der Waals surface area contributed by atoms with Gasteiger partial charge in [-0.15, -0.1) is 0 Å². The molecule has 0 bridgehead atoms. The van der Waals surface area contributed by atoms with Crippen LogP contribution in [-0.4, -0.2) is 0 Å². The van der Waals surface area contributed by atoms with Gasteiger partial charge in [-0.1, -0.05) is 50.0 Å². The van der Waals surface area contributed by atoms with Gasteiger partial charge in [0.1, 0.15) is 0 Å². The summed E-state index contributed by atoms with van der Waals surface area (Å²) in [6.07, 6.45) is 20.8. The maximum Gasteiger partial charge on any atom is -0.0169 e. The zero-order valence-corrected chi connectivity index (χ0v) is 9.12. The molecule has 0 amide bonds. The summed E-state index contributed by atoms with van der Waals surface area (Å²) in [4.78, 5) is 0. The smallest absolute Gasteiger partial charge is 0.0169 e. The highest BCUT2D eigenvalue weighted by Gasteiger charge is 2.19. The normalized spacial score (nSPS) is 29.9. The van der Waals surface area contributed by atoms with E-state index in [4.69, 9.17) is 0 Å². The predicted molar refractivity (Wildman–Crippen MR) is 62.2 cm³/mol. The van der Waals surface area contributed by atoms with Crippen molar-refractivity contribution >= 4 is 0 Å². The molecule has 1 atom stereocenters. The molecule has 0 spiro atoms. The van der Waals surface area contributed by atoms with Crippen LogP contribution in [0, 0.1) is 11.8 Å². The van der Waals surface area contributed by atoms with Gasteiger partial charge in [0, 0.05) is 0 Å². The highest BCUT2D eigenvalue weighted by Crippen LogP contribution is 2.32. The molecule has 0 N–H and O–H groups in total. The van der Waals surface area contributed by atoms with Crippen molar-refractivity contribution in [3.63, 3.8) is 0 Å². The summed E-state index contributed by atoms with van der Waals surface area (Å²) in [7, 11) is 0. The lowest BCUT2D eigenvalue weighted by molar-refractivity contribution is 0.353. The third-order valence-corrected chi connectivity index (χ3v) is 3.74. The molecule has 2 rings (SSSR count). The standard InChI is InChI=1S/C14H22/c1-2-6-10-13(9-5-1)14-11-7-3-4-8-12-14/h1,5-6,10,13-14H,2-4,7-9,11-12H2. The third kappa shape index (κ3) is 2.73. The number of rotatable bonds is 1. The molecule has 2 aliphatic carbocycles. The summed E-state index contributed by atoms with van der Waals surface area (Å²) in [5, 5.41) is 0. The first-order valence-corrected chi connectivity index (χ1v) is 6.28. The van der Waals surface area contributed by atoms with Gasteiger partial charge in [-0.3, -0.25) is 0 Å². The Labute approximate surface area is 88.1 Å². The van der Waals surface area contributed by atoms with Crippen LogP contribution in [0.25, 0.3) is 0 Å². The molecule has 0 heterocycles. The van der Waals surface area contributed by atoms with Crippen LogP contribution >= 0.6 is 0 Å². The molecule has 14 heavy (non-hydrogen) atoms. The molecule has 0 radical (unpaired) electrons. The van der Waals surface area contributed by atoms with Crippen LogP contribution in [0.15, 0.2) is 24.3 Å². The van der Waals surface area contributed by atoms with Crippen LogP contribution in [0.1, 0.15) is 51.4 Å². The molecular weight excluding hydrogens is 168 g/mol. The van der Waals surface area contributed by atoms with E-state index in [0.29, 0.717) is 0 Å². The van der Waals surface area contributed by atoms with E-state index < -0.39 is 0 Å². The first kappa shape index (κ1) is 10.0. The quantitative estimate of drug-likeness (QED) is 0.422. The van der Waals surface area contributed by atoms with Gasteiger partial charge >= 0.3 is 0 Å². The Hall–Kier alpha value is -0.520. The molecule has 2 aliphatic rings. The van der Waals surface area contributed by atoms with Gasteiger partial charge in [0.2, 0.25) is 0 Å². The lowest BCUT2D eigenvalue weighted by Crippen LogP contribution is -2.11. The molecule has 78 valence electrons.